The van der Waals surface area contributed by atoms with E-state index in [9.17, 15) is 10.1 Å². The third kappa shape index (κ3) is 2.80. The number of aromatic amines is 1. The minimum atomic E-state index is -0.527. The molecule has 2 aromatic rings. The topological polar surface area (TPSA) is 99.8 Å². The van der Waals surface area contributed by atoms with E-state index >= 15 is 0 Å². The maximum absolute atomic E-state index is 12.2. The zero-order chi connectivity index (χ0) is 17.1. The highest BCUT2D eigenvalue weighted by atomic mass is 16.1. The average Bonchev–Trinajstić information content (AvgIpc) is 2.83. The van der Waals surface area contributed by atoms with E-state index in [-0.39, 0.29) is 11.5 Å². The second-order valence-corrected chi connectivity index (χ2v) is 5.61. The van der Waals surface area contributed by atoms with Crippen molar-refractivity contribution in [1.82, 2.24) is 9.97 Å². The van der Waals surface area contributed by atoms with Crippen molar-refractivity contribution in [3.8, 4) is 12.3 Å². The molecule has 3 rings (SSSR count). The van der Waals surface area contributed by atoms with Crippen molar-refractivity contribution in [2.75, 3.05) is 29.9 Å². The number of rotatable bonds is 2. The zero-order valence-corrected chi connectivity index (χ0v) is 13.3. The predicted molar refractivity (Wildman–Crippen MR) is 89.7 cm³/mol. The summed E-state index contributed by atoms with van der Waals surface area (Å²) in [6.45, 7) is 1.33. The molecule has 24 heavy (non-hydrogen) atoms. The van der Waals surface area contributed by atoms with E-state index in [1.807, 2.05) is 29.3 Å². The second kappa shape index (κ2) is 6.43. The Morgan fingerprint density at radius 1 is 1.21 bits per heavy atom. The van der Waals surface area contributed by atoms with Gasteiger partial charge in [-0.15, -0.1) is 0 Å². The molecule has 0 bridgehead atoms. The molecule has 0 spiro atoms. The van der Waals surface area contributed by atoms with Gasteiger partial charge < -0.3 is 4.90 Å². The van der Waals surface area contributed by atoms with Gasteiger partial charge in [-0.25, -0.2) is 0 Å². The molecule has 0 amide bonds. The molecule has 0 atom stereocenters. The number of aromatic nitrogens is 2. The Hall–Kier alpha value is -3.32. The monoisotopic (exact) mass is 320 g/mol. The fourth-order valence-electron chi connectivity index (χ4n) is 2.87. The molecular weight excluding hydrogens is 304 g/mol. The van der Waals surface area contributed by atoms with Crippen molar-refractivity contribution in [2.24, 2.45) is 0 Å². The van der Waals surface area contributed by atoms with E-state index in [2.05, 4.69) is 22.1 Å². The summed E-state index contributed by atoms with van der Waals surface area (Å²) in [7, 11) is 1.51. The van der Waals surface area contributed by atoms with E-state index in [4.69, 9.17) is 5.26 Å². The number of benzene rings is 1. The van der Waals surface area contributed by atoms with Crippen molar-refractivity contribution in [1.29, 1.82) is 10.5 Å². The molecular formula is C17H16N6O. The summed E-state index contributed by atoms with van der Waals surface area (Å²) in [5.41, 5.74) is 2.01. The number of fused-ring (bicyclic) bond motifs is 1. The number of hydrogen-bond acceptors (Lipinski definition) is 6. The van der Waals surface area contributed by atoms with E-state index in [1.165, 1.54) is 23.1 Å². The van der Waals surface area contributed by atoms with Crippen molar-refractivity contribution in [2.45, 2.75) is 12.8 Å². The van der Waals surface area contributed by atoms with Gasteiger partial charge in [0.25, 0.3) is 5.56 Å². The van der Waals surface area contributed by atoms with Crippen LogP contribution in [-0.4, -0.2) is 30.1 Å². The van der Waals surface area contributed by atoms with Gasteiger partial charge in [0.15, 0.2) is 17.6 Å². The van der Waals surface area contributed by atoms with Crippen LogP contribution in [0.3, 0.4) is 0 Å². The van der Waals surface area contributed by atoms with Crippen LogP contribution in [0.2, 0.25) is 0 Å². The highest BCUT2D eigenvalue weighted by Crippen LogP contribution is 2.22. The largest absolute Gasteiger partial charge is 0.355 e. The molecule has 0 unspecified atom stereocenters. The number of nitrogens with one attached hydrogen (secondary N) is 1. The van der Waals surface area contributed by atoms with Crippen LogP contribution in [0.25, 0.3) is 0 Å². The molecule has 0 fully saturated rings. The molecule has 0 radical (unpaired) electrons. The molecule has 120 valence electrons. The summed E-state index contributed by atoms with van der Waals surface area (Å²) in [4.78, 5) is 22.1. The molecule has 1 aliphatic heterocycles. The van der Waals surface area contributed by atoms with Crippen LogP contribution in [0.4, 0.5) is 11.8 Å². The third-order valence-corrected chi connectivity index (χ3v) is 4.19. The molecule has 1 aromatic heterocycles. The van der Waals surface area contributed by atoms with Crippen LogP contribution in [0.15, 0.2) is 29.1 Å². The molecule has 1 aliphatic rings. The lowest BCUT2D eigenvalue weighted by Crippen LogP contribution is -2.31. The average molecular weight is 320 g/mol. The molecule has 0 saturated heterocycles. The summed E-state index contributed by atoms with van der Waals surface area (Å²) in [6, 6.07) is 10.2. The van der Waals surface area contributed by atoms with Crippen LogP contribution < -0.4 is 15.4 Å². The van der Waals surface area contributed by atoms with Gasteiger partial charge >= 0.3 is 0 Å². The Labute approximate surface area is 139 Å². The maximum Gasteiger partial charge on any atom is 0.272 e. The highest BCUT2D eigenvalue weighted by molar-refractivity contribution is 5.57. The first kappa shape index (κ1) is 15.6. The fraction of sp³-hybridized carbons (Fsp3) is 0.294. The second-order valence-electron chi connectivity index (χ2n) is 5.61. The van der Waals surface area contributed by atoms with E-state index < -0.39 is 5.56 Å². The Kier molecular flexibility index (Phi) is 4.17. The summed E-state index contributed by atoms with van der Waals surface area (Å²) >= 11 is 0. The maximum atomic E-state index is 12.2. The van der Waals surface area contributed by atoms with Gasteiger partial charge in [0.1, 0.15) is 6.07 Å². The molecule has 0 aliphatic carbocycles. The first-order chi connectivity index (χ1) is 11.6. The molecule has 1 aromatic carbocycles. The number of nitriles is 2. The van der Waals surface area contributed by atoms with E-state index in [1.54, 1.807) is 0 Å². The van der Waals surface area contributed by atoms with E-state index in [0.717, 1.165) is 12.8 Å². The summed E-state index contributed by atoms with van der Waals surface area (Å²) in [5, 5.41) is 18.4. The lowest BCUT2D eigenvalue weighted by Gasteiger charge is -2.23. The normalized spacial score (nSPS) is 13.4. The SMILES string of the molecule is CN(C#N)c1nc(N2CCc3ccccc3CC2)c(C#N)c(=O)[nH]1. The standard InChI is InChI=1S/C17H16N6O/c1-22(11-19)17-20-15(14(10-18)16(24)21-17)23-8-6-12-4-2-3-5-13(12)7-9-23/h2-5H,6-9H2,1H3,(H,20,21,24). The number of hydrogen-bond donors (Lipinski definition) is 1. The quantitative estimate of drug-likeness (QED) is 0.658. The Bertz CT molecular complexity index is 878. The Balaban J connectivity index is 2.00. The number of anilines is 2. The number of nitrogens with zero attached hydrogens (tertiary/aromatic N) is 5. The molecule has 0 saturated carbocycles. The Morgan fingerprint density at radius 2 is 1.83 bits per heavy atom. The molecule has 2 heterocycles. The Morgan fingerprint density at radius 3 is 2.38 bits per heavy atom. The highest BCUT2D eigenvalue weighted by Gasteiger charge is 2.21. The van der Waals surface area contributed by atoms with Gasteiger partial charge in [-0.2, -0.15) is 15.5 Å². The third-order valence-electron chi connectivity index (χ3n) is 4.19. The van der Waals surface area contributed by atoms with Crippen LogP contribution in [-0.2, 0) is 12.8 Å². The molecule has 7 nitrogen and oxygen atoms in total. The van der Waals surface area contributed by atoms with Crippen molar-refractivity contribution < 1.29 is 0 Å². The van der Waals surface area contributed by atoms with Gasteiger partial charge in [0.05, 0.1) is 0 Å². The minimum absolute atomic E-state index is 0.0176. The van der Waals surface area contributed by atoms with Crippen molar-refractivity contribution in [3.05, 3.63) is 51.3 Å². The van der Waals surface area contributed by atoms with Gasteiger partial charge in [0, 0.05) is 20.1 Å². The smallest absolute Gasteiger partial charge is 0.272 e. The van der Waals surface area contributed by atoms with Gasteiger partial charge in [0.2, 0.25) is 5.95 Å². The number of H-pyrrole nitrogens is 1. The molecule has 1 N–H and O–H groups in total. The van der Waals surface area contributed by atoms with Gasteiger partial charge in [-0.1, -0.05) is 24.3 Å². The first-order valence-electron chi connectivity index (χ1n) is 7.63. The zero-order valence-electron chi connectivity index (χ0n) is 13.3. The van der Waals surface area contributed by atoms with Crippen molar-refractivity contribution >= 4 is 11.8 Å². The summed E-state index contributed by atoms with van der Waals surface area (Å²) in [6.07, 6.45) is 3.54. The van der Waals surface area contributed by atoms with Crippen LogP contribution in [0.1, 0.15) is 16.7 Å². The summed E-state index contributed by atoms with van der Waals surface area (Å²) < 4.78 is 0. The van der Waals surface area contributed by atoms with E-state index in [0.29, 0.717) is 18.9 Å². The fourth-order valence-corrected chi connectivity index (χ4v) is 2.87. The van der Waals surface area contributed by atoms with Crippen LogP contribution >= 0.6 is 0 Å². The van der Waals surface area contributed by atoms with Gasteiger partial charge in [-0.3, -0.25) is 14.7 Å². The van der Waals surface area contributed by atoms with Crippen molar-refractivity contribution in [3.63, 3.8) is 0 Å². The molecule has 7 heteroatoms. The first-order valence-corrected chi connectivity index (χ1v) is 7.63. The lowest BCUT2D eigenvalue weighted by atomic mass is 10.0. The van der Waals surface area contributed by atoms with Crippen LogP contribution in [0, 0.1) is 22.8 Å². The van der Waals surface area contributed by atoms with Crippen LogP contribution in [0.5, 0.6) is 0 Å². The lowest BCUT2D eigenvalue weighted by molar-refractivity contribution is 0.783. The predicted octanol–water partition coefficient (Wildman–Crippen LogP) is 1.16. The van der Waals surface area contributed by atoms with Gasteiger partial charge in [-0.05, 0) is 24.0 Å². The summed E-state index contributed by atoms with van der Waals surface area (Å²) in [5.74, 6) is 0.476. The minimum Gasteiger partial charge on any atom is -0.355 e.